The van der Waals surface area contributed by atoms with Crippen LogP contribution in [-0.4, -0.2) is 59.1 Å². The predicted molar refractivity (Wildman–Crippen MR) is 132 cm³/mol. The van der Waals surface area contributed by atoms with Crippen molar-refractivity contribution >= 4 is 12.0 Å². The number of nitrogens with zero attached hydrogens (tertiary/aromatic N) is 2. The molecule has 1 aromatic carbocycles. The normalized spacial score (nSPS) is 36.6. The number of amides is 1. The van der Waals surface area contributed by atoms with Gasteiger partial charge in [0, 0.05) is 42.3 Å². The van der Waals surface area contributed by atoms with Gasteiger partial charge in [-0.05, 0) is 80.2 Å². The van der Waals surface area contributed by atoms with Crippen molar-refractivity contribution in [2.24, 2.45) is 17.8 Å². The maximum Gasteiger partial charge on any atom is 0.246 e. The lowest BCUT2D eigenvalue weighted by molar-refractivity contribution is -0.135. The van der Waals surface area contributed by atoms with E-state index >= 15 is 0 Å². The molecule has 1 aromatic heterocycles. The monoisotopic (exact) mass is 474 g/mol. The summed E-state index contributed by atoms with van der Waals surface area (Å²) in [7, 11) is 1.90. The standard InChI is InChI=1S/C29H34N2O4/c1-17-13-20(17)15-31-11-10-29-21-5-6-22(30(2)25(33)8-3-18-9-12-34-16-18)28(29)35-27-24(32)7-4-19(26(27)29)14-23(21)31/h3-4,7-9,12,16-17,20-23,28,32H,5-6,10-11,13-15H2,1-2H3/t17?,20?,21-,22-,23+,28-,29-/m0/s1. The van der Waals surface area contributed by atoms with E-state index in [9.17, 15) is 9.90 Å². The van der Waals surface area contributed by atoms with Gasteiger partial charge < -0.3 is 19.2 Å². The first-order chi connectivity index (χ1) is 17.0. The average molecular weight is 475 g/mol. The van der Waals surface area contributed by atoms with Gasteiger partial charge in [-0.1, -0.05) is 13.0 Å². The van der Waals surface area contributed by atoms with Crippen LogP contribution in [0.1, 0.15) is 49.3 Å². The number of aromatic hydroxyl groups is 1. The first-order valence-corrected chi connectivity index (χ1v) is 13.2. The maximum absolute atomic E-state index is 13.2. The minimum absolute atomic E-state index is 0.0254. The zero-order valence-corrected chi connectivity index (χ0v) is 20.5. The van der Waals surface area contributed by atoms with Crippen LogP contribution in [0.25, 0.3) is 6.08 Å². The molecule has 3 fully saturated rings. The number of rotatable bonds is 5. The van der Waals surface area contributed by atoms with Gasteiger partial charge in [-0.3, -0.25) is 9.69 Å². The summed E-state index contributed by atoms with van der Waals surface area (Å²) in [6, 6.07) is 6.27. The molecule has 2 bridgehead atoms. The molecule has 6 nitrogen and oxygen atoms in total. The highest BCUT2D eigenvalue weighted by atomic mass is 16.5. The Hall–Kier alpha value is -2.73. The zero-order valence-electron chi connectivity index (χ0n) is 20.5. The van der Waals surface area contributed by atoms with Gasteiger partial charge in [0.25, 0.3) is 0 Å². The Morgan fingerprint density at radius 2 is 2.17 bits per heavy atom. The van der Waals surface area contributed by atoms with Gasteiger partial charge in [0.05, 0.1) is 18.6 Å². The Morgan fingerprint density at radius 3 is 2.94 bits per heavy atom. The molecular formula is C29H34N2O4. The van der Waals surface area contributed by atoms with Crippen LogP contribution < -0.4 is 4.74 Å². The molecule has 1 spiro atoms. The van der Waals surface area contributed by atoms with Crippen molar-refractivity contribution in [1.29, 1.82) is 0 Å². The molecule has 1 amide bonds. The summed E-state index contributed by atoms with van der Waals surface area (Å²) in [5.41, 5.74) is 3.34. The molecule has 5 aliphatic rings. The number of furan rings is 1. The second kappa shape index (κ2) is 7.63. The number of carbonyl (C=O) groups is 1. The summed E-state index contributed by atoms with van der Waals surface area (Å²) in [5.74, 6) is 3.11. The van der Waals surface area contributed by atoms with Gasteiger partial charge in [0.1, 0.15) is 6.10 Å². The van der Waals surface area contributed by atoms with Crippen molar-refractivity contribution in [3.05, 3.63) is 53.5 Å². The Kier molecular flexibility index (Phi) is 4.70. The van der Waals surface area contributed by atoms with E-state index in [0.29, 0.717) is 17.7 Å². The van der Waals surface area contributed by atoms with Gasteiger partial charge in [0.15, 0.2) is 11.5 Å². The fourth-order valence-corrected chi connectivity index (χ4v) is 7.99. The minimum Gasteiger partial charge on any atom is -0.504 e. The highest BCUT2D eigenvalue weighted by Gasteiger charge is 2.66. The fourth-order valence-electron chi connectivity index (χ4n) is 7.99. The first kappa shape index (κ1) is 21.5. The van der Waals surface area contributed by atoms with E-state index < -0.39 is 0 Å². The van der Waals surface area contributed by atoms with Gasteiger partial charge in [-0.15, -0.1) is 0 Å². The molecule has 2 aliphatic heterocycles. The van der Waals surface area contributed by atoms with E-state index in [0.717, 1.165) is 49.6 Å². The summed E-state index contributed by atoms with van der Waals surface area (Å²) in [6.07, 6.45) is 12.0. The number of ether oxygens (including phenoxy) is 1. The zero-order chi connectivity index (χ0) is 23.9. The van der Waals surface area contributed by atoms with Crippen LogP contribution >= 0.6 is 0 Å². The highest BCUT2D eigenvalue weighted by Crippen LogP contribution is 2.64. The third kappa shape index (κ3) is 3.08. The second-order valence-corrected chi connectivity index (χ2v) is 11.6. The van der Waals surface area contributed by atoms with Crippen molar-refractivity contribution in [2.75, 3.05) is 20.1 Å². The molecule has 3 aliphatic carbocycles. The number of benzene rings is 1. The van der Waals surface area contributed by atoms with Crippen LogP contribution in [0, 0.1) is 17.8 Å². The SMILES string of the molecule is CC1CC1CN1CC[C@]23c4c5ccc(O)c4O[C@H]2[C@@H](N(C)C(=O)C=Cc2ccoc2)CC[C@H]3[C@H]1C5. The summed E-state index contributed by atoms with van der Waals surface area (Å²) in [5, 5.41) is 10.8. The Labute approximate surface area is 206 Å². The van der Waals surface area contributed by atoms with E-state index in [1.807, 2.05) is 24.1 Å². The number of hydrogen-bond donors (Lipinski definition) is 1. The van der Waals surface area contributed by atoms with Gasteiger partial charge in [0.2, 0.25) is 5.91 Å². The van der Waals surface area contributed by atoms with Crippen molar-refractivity contribution in [3.63, 3.8) is 0 Å². The number of phenolic OH excluding ortho intramolecular Hbond substituents is 1. The van der Waals surface area contributed by atoms with E-state index in [2.05, 4.69) is 17.9 Å². The average Bonchev–Trinajstić information content (AvgIpc) is 3.23. The number of hydrogen-bond acceptors (Lipinski definition) is 5. The first-order valence-electron chi connectivity index (χ1n) is 13.2. The third-order valence-electron chi connectivity index (χ3n) is 9.95. The molecule has 35 heavy (non-hydrogen) atoms. The minimum atomic E-state index is -0.121. The van der Waals surface area contributed by atoms with Crippen LogP contribution in [-0.2, 0) is 16.6 Å². The van der Waals surface area contributed by atoms with Crippen LogP contribution in [0.4, 0.5) is 0 Å². The van der Waals surface area contributed by atoms with Crippen molar-refractivity contribution in [3.8, 4) is 11.5 Å². The molecule has 6 heteroatoms. The quantitative estimate of drug-likeness (QED) is 0.658. The summed E-state index contributed by atoms with van der Waals surface area (Å²) in [6.45, 7) is 4.66. The lowest BCUT2D eigenvalue weighted by Gasteiger charge is -2.60. The smallest absolute Gasteiger partial charge is 0.246 e. The number of carbonyl (C=O) groups excluding carboxylic acids is 1. The number of piperidine rings is 1. The molecule has 7 atom stereocenters. The summed E-state index contributed by atoms with van der Waals surface area (Å²) < 4.78 is 11.8. The lowest BCUT2D eigenvalue weighted by atomic mass is 9.51. The van der Waals surface area contributed by atoms with E-state index in [4.69, 9.17) is 9.15 Å². The lowest BCUT2D eigenvalue weighted by Crippen LogP contribution is -2.69. The third-order valence-corrected chi connectivity index (χ3v) is 9.95. The van der Waals surface area contributed by atoms with Crippen LogP contribution in [0.3, 0.4) is 0 Å². The molecular weight excluding hydrogens is 440 g/mol. The Bertz CT molecular complexity index is 1190. The van der Waals surface area contributed by atoms with E-state index in [-0.39, 0.29) is 29.2 Å². The molecule has 0 radical (unpaired) electrons. The molecule has 7 rings (SSSR count). The molecule has 184 valence electrons. The second-order valence-electron chi connectivity index (χ2n) is 11.6. The summed E-state index contributed by atoms with van der Waals surface area (Å²) >= 11 is 0. The summed E-state index contributed by atoms with van der Waals surface area (Å²) in [4.78, 5) is 17.9. The van der Waals surface area contributed by atoms with Gasteiger partial charge in [-0.2, -0.15) is 0 Å². The molecule has 1 saturated heterocycles. The van der Waals surface area contributed by atoms with E-state index in [1.165, 1.54) is 24.1 Å². The molecule has 3 heterocycles. The largest absolute Gasteiger partial charge is 0.504 e. The maximum atomic E-state index is 13.2. The molecule has 2 aromatic rings. The number of likely N-dealkylation sites (tertiary alicyclic amines) is 1. The Balaban J connectivity index is 1.23. The van der Waals surface area contributed by atoms with Crippen LogP contribution in [0.15, 0.2) is 41.2 Å². The predicted octanol–water partition coefficient (Wildman–Crippen LogP) is 4.22. The van der Waals surface area contributed by atoms with E-state index in [1.54, 1.807) is 24.7 Å². The molecule has 2 unspecified atom stereocenters. The fraction of sp³-hybridized carbons (Fsp3) is 0.552. The van der Waals surface area contributed by atoms with Crippen molar-refractivity contribution in [2.45, 2.75) is 62.6 Å². The number of likely N-dealkylation sites (N-methyl/N-ethyl adjacent to an activating group) is 1. The van der Waals surface area contributed by atoms with Gasteiger partial charge >= 0.3 is 0 Å². The Morgan fingerprint density at radius 1 is 1.31 bits per heavy atom. The topological polar surface area (TPSA) is 66.2 Å². The van der Waals surface area contributed by atoms with Crippen molar-refractivity contribution in [1.82, 2.24) is 9.80 Å². The number of phenols is 1. The van der Waals surface area contributed by atoms with Crippen LogP contribution in [0.2, 0.25) is 0 Å². The van der Waals surface area contributed by atoms with Crippen molar-refractivity contribution < 1.29 is 19.1 Å². The molecule has 1 N–H and O–H groups in total. The van der Waals surface area contributed by atoms with Gasteiger partial charge in [-0.25, -0.2) is 0 Å². The van der Waals surface area contributed by atoms with Crippen LogP contribution in [0.5, 0.6) is 11.5 Å². The molecule has 2 saturated carbocycles. The highest BCUT2D eigenvalue weighted by molar-refractivity contribution is 5.91.